The molecule has 0 amide bonds. The summed E-state index contributed by atoms with van der Waals surface area (Å²) in [4.78, 5) is 55.3. The molecule has 576 valence electrons. The summed E-state index contributed by atoms with van der Waals surface area (Å²) in [6.45, 7) is -11.9. The number of nitrogens with zero attached hydrogens (tertiary/aromatic N) is 4. The summed E-state index contributed by atoms with van der Waals surface area (Å²) >= 11 is 0. The van der Waals surface area contributed by atoms with E-state index in [0.29, 0.717) is 12.1 Å². The number of aliphatic hydroxyl groups is 4. The zero-order valence-corrected chi connectivity index (χ0v) is 69.4. The van der Waals surface area contributed by atoms with Gasteiger partial charge in [-0.25, -0.2) is 16.7 Å². The molecule has 8 bridgehead atoms. The molecular weight excluding hydrogens is 1570 g/mol. The third-order valence-electron chi connectivity index (χ3n) is 19.3. The Morgan fingerprint density at radius 1 is 0.343 bits per heavy atom. The fourth-order valence-corrected chi connectivity index (χ4v) is 16.0. The van der Waals surface area contributed by atoms with Crippen LogP contribution in [0.25, 0.3) is 0 Å². The van der Waals surface area contributed by atoms with Crippen LogP contribution in [0.15, 0.2) is 24.3 Å². The molecule has 0 aromatic heterocycles. The molecule has 4 saturated heterocycles. The van der Waals surface area contributed by atoms with Crippen LogP contribution in [0.3, 0.4) is 0 Å². The topological polar surface area (TPSA) is 671 Å². The number of rotatable bonds is 28. The van der Waals surface area contributed by atoms with Crippen molar-refractivity contribution in [2.75, 3.05) is 52.6 Å². The monoisotopic (exact) mass is 1640 g/mol. The Bertz CT molecular complexity index is 3820. The number of phenolic OH excluding ortho intramolecular Hbond substituents is 4. The molecule has 0 saturated carbocycles. The molecule has 4 fully saturated rings. The van der Waals surface area contributed by atoms with Crippen molar-refractivity contribution in [2.24, 2.45) is 0 Å². The molecule has 4 heterocycles. The minimum absolute atomic E-state index is 0. The Labute approximate surface area is 705 Å². The average Bonchev–Trinajstić information content (AvgIpc) is 0.897. The summed E-state index contributed by atoms with van der Waals surface area (Å²) in [5, 5.41) is 201. The van der Waals surface area contributed by atoms with E-state index in [1.807, 2.05) is 0 Å². The van der Waals surface area contributed by atoms with Gasteiger partial charge in [0.25, 0.3) is 0 Å². The number of carboxylic acids is 4. The molecule has 9 rings (SSSR count). The zero-order valence-electron chi connectivity index (χ0n) is 58.1. The maximum Gasteiger partial charge on any atom is 1.00 e. The van der Waals surface area contributed by atoms with Gasteiger partial charge in [0, 0.05) is 124 Å². The fourth-order valence-electron chi connectivity index (χ4n) is 14.8. The Balaban J connectivity index is 0.00000523. The second-order valence-electron chi connectivity index (χ2n) is 25.9. The maximum atomic E-state index is 16.0. The van der Waals surface area contributed by atoms with Crippen molar-refractivity contribution >= 4 is 65.5 Å². The van der Waals surface area contributed by atoms with Gasteiger partial charge < -0.3 is 81.7 Å². The third-order valence-corrected chi connectivity index (χ3v) is 21.2. The molecule has 40 nitrogen and oxygen atoms in total. The predicted octanol–water partition coefficient (Wildman–Crippen LogP) is -15.4. The van der Waals surface area contributed by atoms with Gasteiger partial charge in [0.15, 0.2) is 0 Å². The summed E-state index contributed by atoms with van der Waals surface area (Å²) in [5.74, 6) is -26.3. The van der Waals surface area contributed by atoms with Crippen molar-refractivity contribution in [2.45, 2.75) is 150 Å². The molecule has 4 aromatic rings. The van der Waals surface area contributed by atoms with E-state index < -0.39 is 381 Å². The first kappa shape index (κ1) is 94.9. The van der Waals surface area contributed by atoms with Gasteiger partial charge in [0.05, 0.1) is 62.0 Å². The van der Waals surface area contributed by atoms with Crippen LogP contribution in [-0.4, -0.2) is 258 Å². The zero-order chi connectivity index (χ0) is 76.9. The van der Waals surface area contributed by atoms with Gasteiger partial charge in [0.2, 0.25) is 0 Å². The van der Waals surface area contributed by atoms with Crippen molar-refractivity contribution in [1.82, 2.24) is 19.6 Å². The minimum atomic E-state index is -5.59. The molecule has 0 radical (unpaired) electrons. The largest absolute Gasteiger partial charge is 1.00 e. The van der Waals surface area contributed by atoms with E-state index in [1.54, 1.807) is 0 Å². The van der Waals surface area contributed by atoms with Gasteiger partial charge in [-0.15, -0.1) is 23.0 Å². The van der Waals surface area contributed by atoms with E-state index in [9.17, 15) is 132 Å². The molecule has 10 atom stereocenters. The first-order chi connectivity index (χ1) is 48.3. The molecule has 48 heteroatoms. The quantitative estimate of drug-likeness (QED) is 0.0185. The molecule has 2 unspecified atom stereocenters. The second kappa shape index (κ2) is 38.2. The van der Waals surface area contributed by atoms with Gasteiger partial charge in [-0.1, -0.05) is 12.1 Å². The van der Waals surface area contributed by atoms with E-state index in [2.05, 4.69) is 0 Å². The predicted molar refractivity (Wildman–Crippen MR) is 336 cm³/mol. The van der Waals surface area contributed by atoms with E-state index >= 15 is 20.4 Å². The summed E-state index contributed by atoms with van der Waals surface area (Å²) in [6.07, 6.45) is -12.5. The number of aromatic hydroxyl groups is 4. The summed E-state index contributed by atoms with van der Waals surface area (Å²) in [7, 11) is -22.3. The SMILES string of the molecule is O=C(O)[C@@H]1C[C@@H](O)CN1Cc1c([O-])c2cc(c1[O-])C(CCOS(=O)(=O)O)c1cc(c(O)c(CN3C[C@H](O)C[C@H]3C(=O)O)c1O)C(CCOS(=O)(=O)O)c1cc(c(O)c(CN3C[C@H](O)C[C@H]3C(=O)O)c1O)C(CCOS(=O)(=O)O)c1cc(c([O-])c(CN3C[C@H](O)C[C@H]3C(=O)O)c1[O-])C2CCOS(=O)(=O)O.[Na+].[Na+].[Na+].[Na+]. The Morgan fingerprint density at radius 3 is 0.713 bits per heavy atom. The van der Waals surface area contributed by atoms with Gasteiger partial charge >= 0.3 is 184 Å². The van der Waals surface area contributed by atoms with E-state index in [0.717, 1.165) is 31.7 Å². The van der Waals surface area contributed by atoms with Crippen LogP contribution in [0, 0.1) is 0 Å². The smallest absolute Gasteiger partial charge is 0.872 e. The number of carboxylic acid groups (broad SMARTS) is 4. The number of hydrogen-bond donors (Lipinski definition) is 16. The average molecular weight is 1650 g/mol. The standard InChI is InChI=1S/C60H76N4O36S4.4Na/c65-25-9-45(57(77)78)61(17-25)21-41-49(69)33-13-35(51(41)71)30(2-6-98-102(88,89)90)37-15-39(55(75)43(53(37)73)23-63-19-27(67)11-47(63)59(81)82)32(4-8-100-104(94,95)96)40-16-38(54(74)44(56(40)76)24-64-20-28(68)12-48(64)60(83)84)31(3-7-99-103(91,92)93)36-14-34(29(33)1-5-97-101(85,86)87)50(70)42(52(36)72)22-62-18-26(66)10-46(62)58(79)80;;;;/h13-16,25-32,45-48,65-76H,1-12,17-24H2,(H,77,78)(H,79,80)(H,81,82)(H,83,84)(H,85,86,87)(H,88,89,90)(H,91,92,93)(H,94,95,96);;;;/q;4*+1/p-4/t25-,26-,27-,28-,29?,30?,31?,32?,45+,46+,47+,48+;;;;/m1..../s1. The van der Waals surface area contributed by atoms with Crippen molar-refractivity contribution in [1.29, 1.82) is 0 Å². The Morgan fingerprint density at radius 2 is 0.519 bits per heavy atom. The van der Waals surface area contributed by atoms with E-state index in [1.165, 1.54) is 0 Å². The molecule has 108 heavy (non-hydrogen) atoms. The van der Waals surface area contributed by atoms with Crippen LogP contribution in [0.5, 0.6) is 46.0 Å². The van der Waals surface area contributed by atoms with E-state index in [-0.39, 0.29) is 118 Å². The van der Waals surface area contributed by atoms with Crippen LogP contribution in [0.2, 0.25) is 0 Å². The van der Waals surface area contributed by atoms with Crippen LogP contribution in [0.4, 0.5) is 0 Å². The van der Waals surface area contributed by atoms with Crippen molar-refractivity contribution in [3.8, 4) is 46.0 Å². The normalized spacial score (nSPS) is 24.3. The molecular formula is C60H72N4Na4O36S4. The summed E-state index contributed by atoms with van der Waals surface area (Å²) in [6, 6.07) is -4.00. The van der Waals surface area contributed by atoms with Crippen molar-refractivity contribution in [3.63, 3.8) is 0 Å². The number of carbonyl (C=O) groups is 4. The minimum Gasteiger partial charge on any atom is -0.872 e. The van der Waals surface area contributed by atoms with Gasteiger partial charge in [-0.05, 0) is 71.2 Å². The number of β-amino-alcohol motifs (C(OH)–C–C–N with tert-alkyl or cyclic N) is 4. The number of aliphatic hydroxyl groups excluding tert-OH is 4. The van der Waals surface area contributed by atoms with Crippen LogP contribution >= 0.6 is 0 Å². The number of phenols is 4. The van der Waals surface area contributed by atoms with Gasteiger partial charge in [-0.3, -0.25) is 57.0 Å². The second-order valence-corrected chi connectivity index (χ2v) is 30.3. The molecule has 0 spiro atoms. The molecule has 16 N–H and O–H groups in total. The number of benzene rings is 4. The van der Waals surface area contributed by atoms with Crippen LogP contribution in [0.1, 0.15) is 142 Å². The van der Waals surface area contributed by atoms with E-state index in [4.69, 9.17) is 16.7 Å². The van der Waals surface area contributed by atoms with Gasteiger partial charge in [-0.2, -0.15) is 33.7 Å². The molecule has 5 aliphatic rings. The first-order valence-electron chi connectivity index (χ1n) is 31.6. The molecule has 4 aromatic carbocycles. The molecule has 1 aliphatic carbocycles. The number of likely N-dealkylation sites (tertiary alicyclic amines) is 4. The summed E-state index contributed by atoms with van der Waals surface area (Å²) in [5.41, 5.74) is -10.6. The van der Waals surface area contributed by atoms with Crippen molar-refractivity contribution in [3.05, 3.63) is 91.0 Å². The Kier molecular flexibility index (Phi) is 33.6. The summed E-state index contributed by atoms with van der Waals surface area (Å²) < 4.78 is 159. The number of aliphatic carboxylic acids is 4. The van der Waals surface area contributed by atoms with Crippen LogP contribution < -0.4 is 139 Å². The Hall–Kier alpha value is -3.68. The van der Waals surface area contributed by atoms with Crippen LogP contribution in [-0.2, 0) is 104 Å². The third kappa shape index (κ3) is 22.4. The van der Waals surface area contributed by atoms with Gasteiger partial charge in [0.1, 0.15) is 47.2 Å². The first-order valence-corrected chi connectivity index (χ1v) is 37.1. The maximum absolute atomic E-state index is 16.0. The van der Waals surface area contributed by atoms with Crippen molar-refractivity contribution < 1.29 is 288 Å². The number of hydrogen-bond acceptors (Lipinski definition) is 32. The fraction of sp³-hybridized carbons (Fsp3) is 0.533. The molecule has 4 aliphatic heterocycles. The number of fused-ring (bicyclic) bond motifs is 8.